The second-order valence-electron chi connectivity index (χ2n) is 4.77. The molecule has 104 valence electrons. The lowest BCUT2D eigenvalue weighted by atomic mass is 9.72. The van der Waals surface area contributed by atoms with E-state index < -0.39 is 0 Å². The molecule has 0 amide bonds. The van der Waals surface area contributed by atoms with E-state index in [1.54, 1.807) is 6.20 Å². The van der Waals surface area contributed by atoms with Crippen molar-refractivity contribution >= 4 is 17.0 Å². The summed E-state index contributed by atoms with van der Waals surface area (Å²) in [6.45, 7) is 0.701. The van der Waals surface area contributed by atoms with E-state index in [1.807, 2.05) is 12.1 Å². The Morgan fingerprint density at radius 1 is 0.900 bits per heavy atom. The van der Waals surface area contributed by atoms with Crippen molar-refractivity contribution in [2.24, 2.45) is 5.73 Å². The molecule has 0 aromatic heterocycles. The molecule has 1 aliphatic rings. The summed E-state index contributed by atoms with van der Waals surface area (Å²) in [6.07, 6.45) is 2.52. The van der Waals surface area contributed by atoms with Crippen LogP contribution in [0.3, 0.4) is 0 Å². The SMILES string of the molecule is Br.NC=C1OCCC1(c1ccccc1)c1ccccc1. The van der Waals surface area contributed by atoms with Crippen molar-refractivity contribution in [1.29, 1.82) is 0 Å². The summed E-state index contributed by atoms with van der Waals surface area (Å²) in [5.41, 5.74) is 8.02. The summed E-state index contributed by atoms with van der Waals surface area (Å²) in [6, 6.07) is 20.9. The van der Waals surface area contributed by atoms with E-state index in [9.17, 15) is 0 Å². The maximum atomic E-state index is 5.80. The van der Waals surface area contributed by atoms with E-state index in [4.69, 9.17) is 10.5 Å². The van der Waals surface area contributed by atoms with Gasteiger partial charge in [-0.25, -0.2) is 0 Å². The van der Waals surface area contributed by atoms with Crippen molar-refractivity contribution in [3.05, 3.63) is 83.7 Å². The van der Waals surface area contributed by atoms with Gasteiger partial charge in [0.15, 0.2) is 0 Å². The molecule has 20 heavy (non-hydrogen) atoms. The van der Waals surface area contributed by atoms with Crippen LogP contribution in [0.5, 0.6) is 0 Å². The highest BCUT2D eigenvalue weighted by Crippen LogP contribution is 2.46. The minimum atomic E-state index is -0.239. The highest BCUT2D eigenvalue weighted by molar-refractivity contribution is 8.93. The average molecular weight is 332 g/mol. The first-order chi connectivity index (χ1) is 9.38. The molecule has 2 aromatic carbocycles. The van der Waals surface area contributed by atoms with Crippen LogP contribution in [0.1, 0.15) is 17.5 Å². The molecule has 0 spiro atoms. The Labute approximate surface area is 130 Å². The molecule has 2 N–H and O–H groups in total. The molecule has 2 aromatic rings. The molecule has 0 radical (unpaired) electrons. The Hall–Kier alpha value is -1.74. The number of benzene rings is 2. The van der Waals surface area contributed by atoms with Crippen LogP contribution < -0.4 is 5.73 Å². The van der Waals surface area contributed by atoms with Gasteiger partial charge in [0.25, 0.3) is 0 Å². The lowest BCUT2D eigenvalue weighted by Crippen LogP contribution is -2.27. The fourth-order valence-electron chi connectivity index (χ4n) is 2.94. The maximum absolute atomic E-state index is 5.80. The number of halogens is 1. The Balaban J connectivity index is 0.00000147. The largest absolute Gasteiger partial charge is 0.495 e. The van der Waals surface area contributed by atoms with E-state index in [-0.39, 0.29) is 22.4 Å². The van der Waals surface area contributed by atoms with Crippen LogP contribution in [0.15, 0.2) is 72.6 Å². The Kier molecular flexibility index (Phi) is 4.50. The normalized spacial score (nSPS) is 18.3. The van der Waals surface area contributed by atoms with Gasteiger partial charge in [0.05, 0.1) is 12.0 Å². The zero-order chi connectivity index (χ0) is 13.1. The van der Waals surface area contributed by atoms with Gasteiger partial charge in [0, 0.05) is 12.6 Å². The lowest BCUT2D eigenvalue weighted by molar-refractivity contribution is 0.257. The third-order valence-corrected chi connectivity index (χ3v) is 3.84. The summed E-state index contributed by atoms with van der Waals surface area (Å²) in [4.78, 5) is 0. The molecule has 1 fully saturated rings. The summed E-state index contributed by atoms with van der Waals surface area (Å²) < 4.78 is 5.76. The molecule has 2 nitrogen and oxygen atoms in total. The second-order valence-corrected chi connectivity index (χ2v) is 4.77. The van der Waals surface area contributed by atoms with Gasteiger partial charge < -0.3 is 10.5 Å². The third-order valence-electron chi connectivity index (χ3n) is 3.84. The van der Waals surface area contributed by atoms with E-state index >= 15 is 0 Å². The van der Waals surface area contributed by atoms with Crippen LogP contribution in [0, 0.1) is 0 Å². The number of rotatable bonds is 2. The van der Waals surface area contributed by atoms with E-state index in [0.29, 0.717) is 6.61 Å². The van der Waals surface area contributed by atoms with Crippen molar-refractivity contribution in [2.45, 2.75) is 11.8 Å². The maximum Gasteiger partial charge on any atom is 0.126 e. The average Bonchev–Trinajstić information content (AvgIpc) is 2.94. The molecule has 0 saturated carbocycles. The first kappa shape index (κ1) is 14.7. The molecule has 1 heterocycles. The van der Waals surface area contributed by atoms with Crippen LogP contribution in [0.4, 0.5) is 0 Å². The van der Waals surface area contributed by atoms with Crippen molar-refractivity contribution in [3.8, 4) is 0 Å². The van der Waals surface area contributed by atoms with Gasteiger partial charge in [-0.1, -0.05) is 60.7 Å². The van der Waals surface area contributed by atoms with Gasteiger partial charge in [0.2, 0.25) is 0 Å². The van der Waals surface area contributed by atoms with Crippen LogP contribution in [-0.4, -0.2) is 6.61 Å². The van der Waals surface area contributed by atoms with Gasteiger partial charge in [-0.05, 0) is 11.1 Å². The zero-order valence-electron chi connectivity index (χ0n) is 11.2. The molecule has 0 atom stereocenters. The molecular formula is C17H18BrNO. The van der Waals surface area contributed by atoms with Gasteiger partial charge in [0.1, 0.15) is 5.76 Å². The van der Waals surface area contributed by atoms with Crippen LogP contribution in [0.25, 0.3) is 0 Å². The monoisotopic (exact) mass is 331 g/mol. The van der Waals surface area contributed by atoms with E-state index in [0.717, 1.165) is 12.2 Å². The van der Waals surface area contributed by atoms with Crippen LogP contribution >= 0.6 is 17.0 Å². The first-order valence-electron chi connectivity index (χ1n) is 6.54. The third kappa shape index (κ3) is 2.22. The molecule has 3 heteroatoms. The van der Waals surface area contributed by atoms with Crippen LogP contribution in [0.2, 0.25) is 0 Å². The van der Waals surface area contributed by atoms with Crippen molar-refractivity contribution < 1.29 is 4.74 Å². The van der Waals surface area contributed by atoms with Gasteiger partial charge in [-0.15, -0.1) is 17.0 Å². The van der Waals surface area contributed by atoms with E-state index in [2.05, 4.69) is 48.5 Å². The van der Waals surface area contributed by atoms with Crippen LogP contribution in [-0.2, 0) is 10.2 Å². The standard InChI is InChI=1S/C17H17NO.BrH/c18-13-16-17(11-12-19-16,14-7-3-1-4-8-14)15-9-5-2-6-10-15;/h1-10,13H,11-12,18H2;1H. The molecule has 0 aliphatic carbocycles. The molecule has 3 rings (SSSR count). The molecule has 1 saturated heterocycles. The Morgan fingerprint density at radius 3 is 1.85 bits per heavy atom. The zero-order valence-corrected chi connectivity index (χ0v) is 12.9. The Bertz CT molecular complexity index is 541. The lowest BCUT2D eigenvalue weighted by Gasteiger charge is -2.29. The quantitative estimate of drug-likeness (QED) is 0.909. The highest BCUT2D eigenvalue weighted by Gasteiger charge is 2.43. The summed E-state index contributed by atoms with van der Waals surface area (Å²) in [7, 11) is 0. The van der Waals surface area contributed by atoms with Gasteiger partial charge >= 0.3 is 0 Å². The minimum Gasteiger partial charge on any atom is -0.495 e. The first-order valence-corrected chi connectivity index (χ1v) is 6.54. The summed E-state index contributed by atoms with van der Waals surface area (Å²) >= 11 is 0. The number of allylic oxidation sites excluding steroid dienone is 1. The Morgan fingerprint density at radius 2 is 1.40 bits per heavy atom. The number of nitrogens with two attached hydrogens (primary N) is 1. The van der Waals surface area contributed by atoms with Gasteiger partial charge in [-0.3, -0.25) is 0 Å². The van der Waals surface area contributed by atoms with Crippen molar-refractivity contribution in [3.63, 3.8) is 0 Å². The number of ether oxygens (including phenoxy) is 1. The second kappa shape index (κ2) is 6.14. The topological polar surface area (TPSA) is 35.2 Å². The minimum absolute atomic E-state index is 0. The molecule has 0 bridgehead atoms. The number of hydrogen-bond acceptors (Lipinski definition) is 2. The van der Waals surface area contributed by atoms with Crippen molar-refractivity contribution in [1.82, 2.24) is 0 Å². The highest BCUT2D eigenvalue weighted by atomic mass is 79.9. The number of hydrogen-bond donors (Lipinski definition) is 1. The molecule has 0 unspecified atom stereocenters. The predicted octanol–water partition coefficient (Wildman–Crippen LogP) is 3.77. The molecule has 1 aliphatic heterocycles. The van der Waals surface area contributed by atoms with E-state index in [1.165, 1.54) is 11.1 Å². The fourth-order valence-corrected chi connectivity index (χ4v) is 2.94. The molecular weight excluding hydrogens is 314 g/mol. The van der Waals surface area contributed by atoms with Crippen molar-refractivity contribution in [2.75, 3.05) is 6.61 Å². The smallest absolute Gasteiger partial charge is 0.126 e. The summed E-state index contributed by atoms with van der Waals surface area (Å²) in [5.74, 6) is 0.852. The summed E-state index contributed by atoms with van der Waals surface area (Å²) in [5, 5.41) is 0. The van der Waals surface area contributed by atoms with Gasteiger partial charge in [-0.2, -0.15) is 0 Å². The fraction of sp³-hybridized carbons (Fsp3) is 0.176. The predicted molar refractivity (Wildman–Crippen MR) is 86.8 cm³/mol.